The Balaban J connectivity index is 0.00000110. The van der Waals surface area contributed by atoms with Crippen LogP contribution in [0.2, 0.25) is 0 Å². The summed E-state index contributed by atoms with van der Waals surface area (Å²) in [6.45, 7) is 0. The van der Waals surface area contributed by atoms with Crippen LogP contribution in [0.4, 0.5) is 0 Å². The summed E-state index contributed by atoms with van der Waals surface area (Å²) in [6.07, 6.45) is 1.82. The summed E-state index contributed by atoms with van der Waals surface area (Å²) in [5.74, 6) is 0. The topological polar surface area (TPSA) is 47.5 Å². The van der Waals surface area contributed by atoms with Crippen molar-refractivity contribution in [3.8, 4) is 0 Å². The molecule has 0 unspecified atom stereocenters. The maximum atomic E-state index is 11.9. The fourth-order valence-corrected chi connectivity index (χ4v) is 2.18. The number of hydrogen-bond donors (Lipinski definition) is 0. The summed E-state index contributed by atoms with van der Waals surface area (Å²) in [5, 5.41) is 1.21. The van der Waals surface area contributed by atoms with Crippen LogP contribution in [-0.4, -0.2) is 9.38 Å². The molecule has 0 amide bonds. The second-order valence-electron chi connectivity index (χ2n) is 4.04. The average Bonchev–Trinajstić information content (AvgIpc) is 2.78. The molecule has 19 heavy (non-hydrogen) atoms. The monoisotopic (exact) mass is 428 g/mol. The third kappa shape index (κ3) is 1.63. The first kappa shape index (κ1) is 12.1. The molecule has 0 bridgehead atoms. The van der Waals surface area contributed by atoms with Crippen LogP contribution in [0.25, 0.3) is 27.6 Å². The number of nitrogens with zero attached hydrogens (tertiary/aromatic N) is 2. The second kappa shape index (κ2) is 4.30. The predicted octanol–water partition coefficient (Wildman–Crippen LogP) is 2.39. The van der Waals surface area contributed by atoms with Crippen LogP contribution < -0.4 is 5.63 Å². The van der Waals surface area contributed by atoms with Crippen LogP contribution in [-0.2, 0) is 20.1 Å². The Kier molecular flexibility index (Phi) is 2.73. The number of fused-ring (bicyclic) bond motifs is 5. The molecule has 0 saturated carbocycles. The smallest absolute Gasteiger partial charge is 0.301 e. The molecular weight excluding hydrogens is 420 g/mol. The predicted molar refractivity (Wildman–Crippen MR) is 67.6 cm³/mol. The summed E-state index contributed by atoms with van der Waals surface area (Å²) in [4.78, 5) is 16.4. The number of imidazole rings is 1. The zero-order valence-corrected chi connectivity index (χ0v) is 12.0. The van der Waals surface area contributed by atoms with Gasteiger partial charge in [0.2, 0.25) is 0 Å². The summed E-state index contributed by atoms with van der Waals surface area (Å²) >= 11 is 0. The Bertz CT molecular complexity index is 956. The van der Waals surface area contributed by atoms with E-state index in [4.69, 9.17) is 4.42 Å². The first-order valence-electron chi connectivity index (χ1n) is 5.55. The van der Waals surface area contributed by atoms with Crippen LogP contribution in [0.15, 0.2) is 51.8 Å². The van der Waals surface area contributed by atoms with Crippen LogP contribution in [0.5, 0.6) is 0 Å². The quantitative estimate of drug-likeness (QED) is 0.405. The third-order valence-electron chi connectivity index (χ3n) is 2.99. The van der Waals surface area contributed by atoms with Crippen LogP contribution in [0.1, 0.15) is 0 Å². The van der Waals surface area contributed by atoms with Crippen LogP contribution >= 0.6 is 0 Å². The van der Waals surface area contributed by atoms with Gasteiger partial charge in [0.15, 0.2) is 5.71 Å². The van der Waals surface area contributed by atoms with Gasteiger partial charge >= 0.3 is 5.63 Å². The van der Waals surface area contributed by atoms with Gasteiger partial charge in [-0.3, -0.25) is 14.2 Å². The Morgan fingerprint density at radius 2 is 2.11 bits per heavy atom. The molecule has 4 nitrogen and oxygen atoms in total. The Morgan fingerprint density at radius 1 is 1.21 bits per heavy atom. The molecule has 0 aliphatic rings. The van der Waals surface area contributed by atoms with E-state index in [-0.39, 0.29) is 25.7 Å². The number of hydrogen-bond acceptors (Lipinski definition) is 3. The van der Waals surface area contributed by atoms with Crippen molar-refractivity contribution in [2.75, 3.05) is 0 Å². The van der Waals surface area contributed by atoms with E-state index in [0.717, 1.165) is 5.65 Å². The van der Waals surface area contributed by atoms with Crippen molar-refractivity contribution in [3.05, 3.63) is 59.1 Å². The number of benzene rings is 1. The van der Waals surface area contributed by atoms with Crippen molar-refractivity contribution in [1.82, 2.24) is 9.38 Å². The van der Waals surface area contributed by atoms with E-state index in [0.29, 0.717) is 22.0 Å². The maximum Gasteiger partial charge on any atom is 0.301 e. The van der Waals surface area contributed by atoms with Crippen molar-refractivity contribution in [2.45, 2.75) is 0 Å². The minimum absolute atomic E-state index is 0. The molecule has 95 valence electrons. The number of aromatic nitrogens is 2. The summed E-state index contributed by atoms with van der Waals surface area (Å²) < 4.78 is 7.11. The van der Waals surface area contributed by atoms with Gasteiger partial charge < -0.3 is 4.42 Å². The van der Waals surface area contributed by atoms with Gasteiger partial charge in [-0.25, -0.2) is 0 Å². The average molecular weight is 427 g/mol. The largest absolute Gasteiger partial charge is 0.419 e. The van der Waals surface area contributed by atoms with E-state index >= 15 is 0 Å². The molecule has 3 heterocycles. The van der Waals surface area contributed by atoms with Gasteiger partial charge in [-0.2, -0.15) is 0 Å². The summed E-state index contributed by atoms with van der Waals surface area (Å²) in [7, 11) is 0. The molecule has 1 radical (unpaired) electrons. The molecule has 0 spiro atoms. The first-order valence-corrected chi connectivity index (χ1v) is 5.55. The van der Waals surface area contributed by atoms with Crippen molar-refractivity contribution < 1.29 is 24.5 Å². The number of pyridine rings is 1. The maximum absolute atomic E-state index is 11.9. The normalized spacial score (nSPS) is 10.9. The molecule has 4 aromatic rings. The molecule has 0 aliphatic heterocycles. The van der Waals surface area contributed by atoms with Gasteiger partial charge in [0.05, 0.1) is 5.52 Å². The Morgan fingerprint density at radius 3 is 3.00 bits per heavy atom. The van der Waals surface area contributed by atoms with Gasteiger partial charge in [-0.05, 0) is 17.5 Å². The summed E-state index contributed by atoms with van der Waals surface area (Å²) in [5.41, 5.74) is 1.52. The third-order valence-corrected chi connectivity index (χ3v) is 2.99. The molecule has 0 atom stereocenters. The molecule has 5 heteroatoms. The Hall–Kier alpha value is -1.97. The van der Waals surface area contributed by atoms with E-state index < -0.39 is 0 Å². The van der Waals surface area contributed by atoms with Crippen LogP contribution in [0, 0.1) is 6.07 Å². The minimum Gasteiger partial charge on any atom is -0.419 e. The van der Waals surface area contributed by atoms with E-state index in [1.165, 1.54) is 0 Å². The van der Waals surface area contributed by atoms with Gasteiger partial charge in [-0.15, -0.1) is 29.7 Å². The van der Waals surface area contributed by atoms with Gasteiger partial charge in [0, 0.05) is 26.3 Å². The van der Waals surface area contributed by atoms with Crippen molar-refractivity contribution in [1.29, 1.82) is 0 Å². The van der Waals surface area contributed by atoms with Crippen molar-refractivity contribution >= 4 is 27.6 Å². The molecule has 0 saturated heterocycles. The van der Waals surface area contributed by atoms with E-state index in [1.807, 2.05) is 24.4 Å². The summed E-state index contributed by atoms with van der Waals surface area (Å²) in [6, 6.07) is 13.9. The molecular formula is C14H7IrN2O2-. The molecule has 0 fully saturated rings. The standard InChI is InChI=1S/C14H7N2O2.Ir/c17-14-10-6-2-1-5-9(10)12-13(18-14)16-8-4-3-7-11(16)15-12;/h1-4,6-8H;/q-1;. The molecule has 0 N–H and O–H groups in total. The first-order chi connectivity index (χ1) is 8.84. The minimum atomic E-state index is -0.361. The fraction of sp³-hybridized carbons (Fsp3) is 0. The van der Waals surface area contributed by atoms with E-state index in [2.05, 4.69) is 11.1 Å². The molecule has 0 aliphatic carbocycles. The zero-order valence-electron chi connectivity index (χ0n) is 9.59. The zero-order chi connectivity index (χ0) is 12.1. The SMILES string of the molecule is O=c1oc2c(nc3ccccn32)c2[c-]cccc12.[Ir]. The second-order valence-corrected chi connectivity index (χ2v) is 4.04. The molecule has 3 aromatic heterocycles. The van der Waals surface area contributed by atoms with Crippen molar-refractivity contribution in [2.24, 2.45) is 0 Å². The van der Waals surface area contributed by atoms with E-state index in [9.17, 15) is 4.79 Å². The van der Waals surface area contributed by atoms with E-state index in [1.54, 1.807) is 22.6 Å². The molecule has 4 rings (SSSR count). The molecule has 1 aromatic carbocycles. The van der Waals surface area contributed by atoms with Crippen LogP contribution in [0.3, 0.4) is 0 Å². The Labute approximate surface area is 121 Å². The fourth-order valence-electron chi connectivity index (χ4n) is 2.18. The number of rotatable bonds is 0. The van der Waals surface area contributed by atoms with Gasteiger partial charge in [-0.1, -0.05) is 6.07 Å². The van der Waals surface area contributed by atoms with Gasteiger partial charge in [0.1, 0.15) is 5.65 Å². The van der Waals surface area contributed by atoms with Gasteiger partial charge in [0.25, 0.3) is 0 Å². The van der Waals surface area contributed by atoms with Crippen molar-refractivity contribution in [3.63, 3.8) is 0 Å².